The Labute approximate surface area is 102 Å². The Kier molecular flexibility index (Phi) is 2.43. The molecule has 0 bridgehead atoms. The Morgan fingerprint density at radius 1 is 1.18 bits per heavy atom. The first-order valence-electron chi connectivity index (χ1n) is 6.10. The molecule has 2 nitrogen and oxygen atoms in total. The number of aryl methyl sites for hydroxylation is 2. The standard InChI is InChI=1S/C15H17NO/c1-11-8-16(9-12(11)2)10-14-7-13-5-3-4-6-15(13)17-14/h3-6,8-9,14H,7,10H2,1-2H3. The number of nitrogens with zero attached hydrogens (tertiary/aromatic N) is 1. The van der Waals surface area contributed by atoms with Gasteiger partial charge in [0.15, 0.2) is 0 Å². The van der Waals surface area contributed by atoms with Crippen molar-refractivity contribution in [1.29, 1.82) is 0 Å². The van der Waals surface area contributed by atoms with E-state index in [1.54, 1.807) is 0 Å². The van der Waals surface area contributed by atoms with Crippen molar-refractivity contribution in [3.05, 3.63) is 53.3 Å². The lowest BCUT2D eigenvalue weighted by Crippen LogP contribution is -2.19. The predicted octanol–water partition coefficient (Wildman–Crippen LogP) is 3.11. The fraction of sp³-hybridized carbons (Fsp3) is 0.333. The van der Waals surface area contributed by atoms with Gasteiger partial charge in [-0.15, -0.1) is 0 Å². The zero-order valence-corrected chi connectivity index (χ0v) is 10.3. The minimum absolute atomic E-state index is 0.276. The lowest BCUT2D eigenvalue weighted by atomic mass is 10.1. The second-order valence-electron chi connectivity index (χ2n) is 4.87. The molecule has 0 amide bonds. The van der Waals surface area contributed by atoms with Crippen LogP contribution in [0.25, 0.3) is 0 Å². The normalized spacial score (nSPS) is 17.9. The third kappa shape index (κ3) is 1.95. The summed E-state index contributed by atoms with van der Waals surface area (Å²) < 4.78 is 8.18. The van der Waals surface area contributed by atoms with Crippen molar-refractivity contribution in [3.8, 4) is 5.75 Å². The van der Waals surface area contributed by atoms with Gasteiger partial charge in [0.2, 0.25) is 0 Å². The van der Waals surface area contributed by atoms with E-state index in [0.29, 0.717) is 0 Å². The first-order valence-corrected chi connectivity index (χ1v) is 6.10. The lowest BCUT2D eigenvalue weighted by molar-refractivity contribution is 0.209. The summed E-state index contributed by atoms with van der Waals surface area (Å²) in [5, 5.41) is 0. The van der Waals surface area contributed by atoms with Gasteiger partial charge in [0.25, 0.3) is 0 Å². The zero-order chi connectivity index (χ0) is 11.8. The summed E-state index contributed by atoms with van der Waals surface area (Å²) in [6.45, 7) is 5.23. The van der Waals surface area contributed by atoms with Crippen LogP contribution in [-0.4, -0.2) is 10.7 Å². The smallest absolute Gasteiger partial charge is 0.123 e. The third-order valence-electron chi connectivity index (χ3n) is 3.47. The molecular weight excluding hydrogens is 210 g/mol. The lowest BCUT2D eigenvalue weighted by Gasteiger charge is -2.11. The number of rotatable bonds is 2. The number of ether oxygens (including phenoxy) is 1. The van der Waals surface area contributed by atoms with E-state index in [-0.39, 0.29) is 6.10 Å². The summed E-state index contributed by atoms with van der Waals surface area (Å²) in [5.41, 5.74) is 4.03. The van der Waals surface area contributed by atoms with Gasteiger partial charge in [0, 0.05) is 18.8 Å². The van der Waals surface area contributed by atoms with Crippen molar-refractivity contribution in [2.45, 2.75) is 32.9 Å². The van der Waals surface area contributed by atoms with Crippen LogP contribution in [0.2, 0.25) is 0 Å². The van der Waals surface area contributed by atoms with Gasteiger partial charge in [-0.25, -0.2) is 0 Å². The molecule has 0 radical (unpaired) electrons. The SMILES string of the molecule is Cc1cn(CC2Cc3ccccc3O2)cc1C. The van der Waals surface area contributed by atoms with Gasteiger partial charge in [-0.1, -0.05) is 18.2 Å². The molecule has 1 unspecified atom stereocenters. The summed E-state index contributed by atoms with van der Waals surface area (Å²) in [4.78, 5) is 0. The molecule has 0 saturated carbocycles. The van der Waals surface area contributed by atoms with Crippen LogP contribution in [0.4, 0.5) is 0 Å². The highest BCUT2D eigenvalue weighted by molar-refractivity contribution is 5.37. The molecule has 17 heavy (non-hydrogen) atoms. The fourth-order valence-corrected chi connectivity index (χ4v) is 2.43. The molecule has 0 saturated heterocycles. The number of hydrogen-bond donors (Lipinski definition) is 0. The van der Waals surface area contributed by atoms with Crippen molar-refractivity contribution in [2.75, 3.05) is 0 Å². The van der Waals surface area contributed by atoms with Gasteiger partial charge >= 0.3 is 0 Å². The molecule has 2 aromatic rings. The Bertz CT molecular complexity index is 497. The number of benzene rings is 1. The molecule has 2 heteroatoms. The maximum Gasteiger partial charge on any atom is 0.123 e. The molecular formula is C15H17NO. The first-order chi connectivity index (χ1) is 8.22. The first kappa shape index (κ1) is 10.5. The highest BCUT2D eigenvalue weighted by Gasteiger charge is 2.22. The van der Waals surface area contributed by atoms with E-state index in [4.69, 9.17) is 4.74 Å². The number of aromatic nitrogens is 1. The summed E-state index contributed by atoms with van der Waals surface area (Å²) >= 11 is 0. The summed E-state index contributed by atoms with van der Waals surface area (Å²) in [6.07, 6.45) is 5.69. The average molecular weight is 227 g/mol. The van der Waals surface area contributed by atoms with Crippen LogP contribution in [0.1, 0.15) is 16.7 Å². The quantitative estimate of drug-likeness (QED) is 0.769. The van der Waals surface area contributed by atoms with Gasteiger partial charge in [-0.2, -0.15) is 0 Å². The molecule has 0 aliphatic carbocycles. The topological polar surface area (TPSA) is 14.2 Å². The van der Waals surface area contributed by atoms with Gasteiger partial charge in [-0.05, 0) is 36.6 Å². The van der Waals surface area contributed by atoms with E-state index in [9.17, 15) is 0 Å². The second kappa shape index (κ2) is 3.95. The van der Waals surface area contributed by atoms with Crippen LogP contribution in [0.3, 0.4) is 0 Å². The highest BCUT2D eigenvalue weighted by Crippen LogP contribution is 2.28. The van der Waals surface area contributed by atoms with Crippen molar-refractivity contribution in [2.24, 2.45) is 0 Å². The molecule has 0 fully saturated rings. The molecule has 1 aliphatic rings. The second-order valence-corrected chi connectivity index (χ2v) is 4.87. The molecule has 1 atom stereocenters. The highest BCUT2D eigenvalue weighted by atomic mass is 16.5. The summed E-state index contributed by atoms with van der Waals surface area (Å²) in [7, 11) is 0. The predicted molar refractivity (Wildman–Crippen MR) is 68.5 cm³/mol. The largest absolute Gasteiger partial charge is 0.488 e. The van der Waals surface area contributed by atoms with E-state index in [0.717, 1.165) is 18.7 Å². The van der Waals surface area contributed by atoms with Gasteiger partial charge in [-0.3, -0.25) is 0 Å². The summed E-state index contributed by atoms with van der Waals surface area (Å²) in [6, 6.07) is 8.32. The molecule has 3 rings (SSSR count). The van der Waals surface area contributed by atoms with E-state index < -0.39 is 0 Å². The summed E-state index contributed by atoms with van der Waals surface area (Å²) in [5.74, 6) is 1.05. The molecule has 0 N–H and O–H groups in total. The maximum atomic E-state index is 5.94. The van der Waals surface area contributed by atoms with E-state index in [1.165, 1.54) is 16.7 Å². The molecule has 0 spiro atoms. The minimum atomic E-state index is 0.276. The molecule has 1 aliphatic heterocycles. The monoisotopic (exact) mass is 227 g/mol. The third-order valence-corrected chi connectivity index (χ3v) is 3.47. The minimum Gasteiger partial charge on any atom is -0.488 e. The maximum absolute atomic E-state index is 5.94. The van der Waals surface area contributed by atoms with Crippen molar-refractivity contribution in [3.63, 3.8) is 0 Å². The number of fused-ring (bicyclic) bond motifs is 1. The van der Waals surface area contributed by atoms with Gasteiger partial charge in [0.05, 0.1) is 6.54 Å². The van der Waals surface area contributed by atoms with E-state index >= 15 is 0 Å². The zero-order valence-electron chi connectivity index (χ0n) is 10.3. The molecule has 1 aromatic heterocycles. The Morgan fingerprint density at radius 3 is 2.59 bits per heavy atom. The van der Waals surface area contributed by atoms with Crippen LogP contribution in [0, 0.1) is 13.8 Å². The van der Waals surface area contributed by atoms with Crippen molar-refractivity contribution < 1.29 is 4.74 Å². The van der Waals surface area contributed by atoms with Crippen molar-refractivity contribution >= 4 is 0 Å². The molecule has 88 valence electrons. The van der Waals surface area contributed by atoms with Crippen molar-refractivity contribution in [1.82, 2.24) is 4.57 Å². The Hall–Kier alpha value is -1.70. The van der Waals surface area contributed by atoms with Crippen LogP contribution in [0.15, 0.2) is 36.7 Å². The van der Waals surface area contributed by atoms with Crippen LogP contribution in [-0.2, 0) is 13.0 Å². The number of hydrogen-bond acceptors (Lipinski definition) is 1. The van der Waals surface area contributed by atoms with E-state index in [1.807, 2.05) is 6.07 Å². The fourth-order valence-electron chi connectivity index (χ4n) is 2.43. The van der Waals surface area contributed by atoms with Crippen LogP contribution < -0.4 is 4.74 Å². The van der Waals surface area contributed by atoms with E-state index in [2.05, 4.69) is 49.0 Å². The molecule has 1 aromatic carbocycles. The van der Waals surface area contributed by atoms with Gasteiger partial charge in [0.1, 0.15) is 11.9 Å². The van der Waals surface area contributed by atoms with Crippen LogP contribution in [0.5, 0.6) is 5.75 Å². The van der Waals surface area contributed by atoms with Gasteiger partial charge < -0.3 is 9.30 Å². The molecule has 2 heterocycles. The van der Waals surface area contributed by atoms with Crippen LogP contribution >= 0.6 is 0 Å². The average Bonchev–Trinajstić information content (AvgIpc) is 2.83. The number of para-hydroxylation sites is 1. The Morgan fingerprint density at radius 2 is 1.88 bits per heavy atom. The Balaban J connectivity index is 1.73.